The molecule has 0 unspecified atom stereocenters. The maximum Gasteiger partial charge on any atom is 0.278 e. The lowest BCUT2D eigenvalue weighted by Gasteiger charge is -2.19. The number of nitrogens with one attached hydrogen (secondary N) is 2. The van der Waals surface area contributed by atoms with Gasteiger partial charge in [-0.25, -0.2) is 13.8 Å². The van der Waals surface area contributed by atoms with Crippen molar-refractivity contribution in [2.75, 3.05) is 5.32 Å². The standard InChI is InChI=1S/C17H16F2N4OS/c18-15(19)13-7-12(9-5-6-9)21-16(22-13)10(8-20)17(24)23-11-3-1-2-4-14(11)25/h1-4,7-8,15,25H,5-6,20H2,(H,21,22)(H,23,24). The van der Waals surface area contributed by atoms with Crippen molar-refractivity contribution in [3.8, 4) is 0 Å². The van der Waals surface area contributed by atoms with Crippen LogP contribution in [-0.4, -0.2) is 18.2 Å². The number of amidine groups is 1. The second-order valence-corrected chi connectivity index (χ2v) is 6.01. The number of rotatable bonds is 4. The van der Waals surface area contributed by atoms with E-state index in [-0.39, 0.29) is 17.1 Å². The molecule has 1 heterocycles. The molecule has 1 aliphatic heterocycles. The molecule has 0 radical (unpaired) electrons. The molecule has 1 aromatic rings. The fourth-order valence-corrected chi connectivity index (χ4v) is 2.49. The number of carbonyl (C=O) groups is 1. The van der Waals surface area contributed by atoms with Gasteiger partial charge in [-0.1, -0.05) is 12.1 Å². The Morgan fingerprint density at radius 3 is 2.68 bits per heavy atom. The van der Waals surface area contributed by atoms with Crippen LogP contribution in [0.1, 0.15) is 12.8 Å². The number of benzene rings is 1. The highest BCUT2D eigenvalue weighted by Gasteiger charge is 2.27. The molecule has 0 bridgehead atoms. The molecule has 0 spiro atoms. The summed E-state index contributed by atoms with van der Waals surface area (Å²) < 4.78 is 26.3. The summed E-state index contributed by atoms with van der Waals surface area (Å²) in [5.41, 5.74) is 7.17. The van der Waals surface area contributed by atoms with Crippen molar-refractivity contribution in [3.63, 3.8) is 0 Å². The monoisotopic (exact) mass is 362 g/mol. The summed E-state index contributed by atoms with van der Waals surface area (Å²) in [7, 11) is 0. The predicted molar refractivity (Wildman–Crippen MR) is 95.5 cm³/mol. The molecule has 2 aliphatic rings. The first-order valence-corrected chi connectivity index (χ1v) is 8.03. The largest absolute Gasteiger partial charge is 0.404 e. The van der Waals surface area contributed by atoms with Crippen LogP contribution in [0, 0.1) is 0 Å². The zero-order chi connectivity index (χ0) is 18.0. The molecule has 1 aromatic carbocycles. The second kappa shape index (κ2) is 7.10. The van der Waals surface area contributed by atoms with E-state index < -0.39 is 12.3 Å². The van der Waals surface area contributed by atoms with Gasteiger partial charge in [-0.15, -0.1) is 12.6 Å². The van der Waals surface area contributed by atoms with Crippen LogP contribution in [0.2, 0.25) is 0 Å². The van der Waals surface area contributed by atoms with E-state index in [1.165, 1.54) is 6.08 Å². The summed E-state index contributed by atoms with van der Waals surface area (Å²) in [4.78, 5) is 17.4. The molecule has 8 heteroatoms. The van der Waals surface area contributed by atoms with Gasteiger partial charge in [-0.2, -0.15) is 0 Å². The number of nitrogens with two attached hydrogens (primary N) is 1. The number of anilines is 1. The van der Waals surface area contributed by atoms with Crippen LogP contribution in [0.3, 0.4) is 0 Å². The van der Waals surface area contributed by atoms with Crippen molar-refractivity contribution in [1.29, 1.82) is 0 Å². The molecule has 3 rings (SSSR count). The summed E-state index contributed by atoms with van der Waals surface area (Å²) in [6, 6.07) is 6.91. The van der Waals surface area contributed by atoms with Crippen LogP contribution < -0.4 is 16.4 Å². The van der Waals surface area contributed by atoms with Crippen LogP contribution in [0.15, 0.2) is 69.0 Å². The average molecular weight is 362 g/mol. The molecule has 1 aliphatic carbocycles. The van der Waals surface area contributed by atoms with Gasteiger partial charge >= 0.3 is 0 Å². The number of halogens is 2. The van der Waals surface area contributed by atoms with Crippen molar-refractivity contribution in [2.45, 2.75) is 24.2 Å². The summed E-state index contributed by atoms with van der Waals surface area (Å²) >= 11 is 4.26. The van der Waals surface area contributed by atoms with Gasteiger partial charge in [0.05, 0.1) is 22.7 Å². The maximum atomic E-state index is 13.1. The highest BCUT2D eigenvalue weighted by molar-refractivity contribution is 7.80. The molecule has 1 fully saturated rings. The van der Waals surface area contributed by atoms with Crippen LogP contribution in [0.25, 0.3) is 0 Å². The van der Waals surface area contributed by atoms with E-state index in [1.54, 1.807) is 24.3 Å². The zero-order valence-electron chi connectivity index (χ0n) is 13.1. The van der Waals surface area contributed by atoms with Crippen LogP contribution in [0.4, 0.5) is 14.5 Å². The number of alkyl halides is 2. The molecule has 25 heavy (non-hydrogen) atoms. The lowest BCUT2D eigenvalue weighted by Crippen LogP contribution is -2.35. The Hall–Kier alpha value is -2.61. The molecule has 5 nitrogen and oxygen atoms in total. The SMILES string of the molecule is NC=C(C(=O)Nc1ccccc1S)C1=NC(=C2CC2)C=C(C(F)F)N1. The minimum Gasteiger partial charge on any atom is -0.404 e. The summed E-state index contributed by atoms with van der Waals surface area (Å²) in [5.74, 6) is -0.560. The van der Waals surface area contributed by atoms with Gasteiger partial charge in [-0.05, 0) is 36.6 Å². The normalized spacial score (nSPS) is 17.0. The van der Waals surface area contributed by atoms with Crippen molar-refractivity contribution in [3.05, 3.63) is 59.1 Å². The van der Waals surface area contributed by atoms with Crippen molar-refractivity contribution < 1.29 is 13.6 Å². The van der Waals surface area contributed by atoms with Gasteiger partial charge in [0.2, 0.25) is 0 Å². The number of amides is 1. The second-order valence-electron chi connectivity index (χ2n) is 5.53. The fourth-order valence-electron chi connectivity index (χ4n) is 2.28. The van der Waals surface area contributed by atoms with Gasteiger partial charge < -0.3 is 16.4 Å². The molecule has 4 N–H and O–H groups in total. The number of carbonyl (C=O) groups excluding carboxylic acids is 1. The van der Waals surface area contributed by atoms with E-state index in [2.05, 4.69) is 28.3 Å². The molecule has 0 saturated heterocycles. The first kappa shape index (κ1) is 17.2. The van der Waals surface area contributed by atoms with Crippen LogP contribution in [0.5, 0.6) is 0 Å². The van der Waals surface area contributed by atoms with Crippen molar-refractivity contribution in [2.24, 2.45) is 10.7 Å². The summed E-state index contributed by atoms with van der Waals surface area (Å²) in [6.45, 7) is 0. The van der Waals surface area contributed by atoms with E-state index >= 15 is 0 Å². The number of para-hydroxylation sites is 1. The van der Waals surface area contributed by atoms with Crippen molar-refractivity contribution >= 4 is 30.1 Å². The topological polar surface area (TPSA) is 79.5 Å². The summed E-state index contributed by atoms with van der Waals surface area (Å²) in [6.07, 6.45) is 1.29. The number of hydrogen-bond donors (Lipinski definition) is 4. The lowest BCUT2D eigenvalue weighted by atomic mass is 10.1. The lowest BCUT2D eigenvalue weighted by molar-refractivity contribution is -0.112. The Morgan fingerprint density at radius 1 is 1.36 bits per heavy atom. The highest BCUT2D eigenvalue weighted by Crippen LogP contribution is 2.34. The smallest absolute Gasteiger partial charge is 0.278 e. The first-order valence-electron chi connectivity index (χ1n) is 7.58. The fraction of sp³-hybridized carbons (Fsp3) is 0.176. The number of nitrogens with zero attached hydrogens (tertiary/aromatic N) is 1. The summed E-state index contributed by atoms with van der Waals surface area (Å²) in [5, 5.41) is 5.15. The minimum atomic E-state index is -2.71. The third-order valence-electron chi connectivity index (χ3n) is 3.70. The minimum absolute atomic E-state index is 0.00356. The Bertz CT molecular complexity index is 837. The van der Waals surface area contributed by atoms with Gasteiger partial charge in [-0.3, -0.25) is 4.79 Å². The third-order valence-corrected chi connectivity index (χ3v) is 4.09. The van der Waals surface area contributed by atoms with E-state index in [1.807, 2.05) is 0 Å². The molecule has 0 aromatic heterocycles. The highest BCUT2D eigenvalue weighted by atomic mass is 32.1. The quantitative estimate of drug-likeness (QED) is 0.491. The van der Waals surface area contributed by atoms with E-state index in [0.717, 1.165) is 24.6 Å². The van der Waals surface area contributed by atoms with E-state index in [4.69, 9.17) is 5.73 Å². The van der Waals surface area contributed by atoms with Gasteiger partial charge in [0.25, 0.3) is 12.3 Å². The van der Waals surface area contributed by atoms with Gasteiger partial charge in [0, 0.05) is 11.1 Å². The Balaban J connectivity index is 1.87. The molecule has 1 saturated carbocycles. The number of aliphatic imine (C=N–C) groups is 1. The number of hydrogen-bond acceptors (Lipinski definition) is 5. The maximum absolute atomic E-state index is 13.1. The predicted octanol–water partition coefficient (Wildman–Crippen LogP) is 2.96. The molecular formula is C17H16F2N4OS. The van der Waals surface area contributed by atoms with Gasteiger partial charge in [0.1, 0.15) is 5.84 Å². The number of thiol groups is 1. The van der Waals surface area contributed by atoms with E-state index in [0.29, 0.717) is 16.3 Å². The first-order chi connectivity index (χ1) is 12.0. The Morgan fingerprint density at radius 2 is 2.08 bits per heavy atom. The molecule has 130 valence electrons. The Kier molecular flexibility index (Phi) is 4.89. The molecule has 1 amide bonds. The van der Waals surface area contributed by atoms with Gasteiger partial charge in [0.15, 0.2) is 0 Å². The van der Waals surface area contributed by atoms with Crippen LogP contribution >= 0.6 is 12.6 Å². The zero-order valence-corrected chi connectivity index (χ0v) is 14.0. The molecular weight excluding hydrogens is 346 g/mol. The van der Waals surface area contributed by atoms with E-state index in [9.17, 15) is 13.6 Å². The average Bonchev–Trinajstić information content (AvgIpc) is 3.42. The molecule has 0 atom stereocenters. The van der Waals surface area contributed by atoms with Crippen LogP contribution in [-0.2, 0) is 4.79 Å². The third kappa shape index (κ3) is 3.90. The Labute approximate surface area is 148 Å². The number of allylic oxidation sites excluding steroid dienone is 3. The van der Waals surface area contributed by atoms with Crippen molar-refractivity contribution in [1.82, 2.24) is 5.32 Å².